The molecule has 0 bridgehead atoms. The number of rotatable bonds is 4. The van der Waals surface area contributed by atoms with E-state index >= 15 is 0 Å². The minimum atomic E-state index is 0.837. The molecule has 2 heterocycles. The highest BCUT2D eigenvalue weighted by atomic mass is 15.1. The molecule has 0 aliphatic carbocycles. The van der Waals surface area contributed by atoms with Crippen molar-refractivity contribution in [3.05, 3.63) is 29.8 Å². The maximum absolute atomic E-state index is 4.52. The van der Waals surface area contributed by atoms with E-state index in [0.29, 0.717) is 0 Å². The van der Waals surface area contributed by atoms with Crippen molar-refractivity contribution in [2.75, 3.05) is 0 Å². The fourth-order valence-electron chi connectivity index (χ4n) is 1.86. The third-order valence-corrected chi connectivity index (χ3v) is 2.52. The van der Waals surface area contributed by atoms with Gasteiger partial charge in [-0.05, 0) is 18.9 Å². The van der Waals surface area contributed by atoms with Gasteiger partial charge in [-0.15, -0.1) is 0 Å². The number of imidazole rings is 1. The third-order valence-electron chi connectivity index (χ3n) is 2.52. The van der Waals surface area contributed by atoms with Crippen LogP contribution in [0.3, 0.4) is 0 Å². The molecule has 80 valence electrons. The smallest absolute Gasteiger partial charge is 0.234 e. The Morgan fingerprint density at radius 3 is 2.73 bits per heavy atom. The number of hydrogen-bond acceptors (Lipinski definition) is 2. The number of aromatic nitrogens is 3. The summed E-state index contributed by atoms with van der Waals surface area (Å²) in [5.74, 6) is 0.837. The lowest BCUT2D eigenvalue weighted by Gasteiger charge is -2.06. The minimum absolute atomic E-state index is 0.837. The van der Waals surface area contributed by atoms with Gasteiger partial charge in [0.05, 0.1) is 0 Å². The zero-order valence-electron chi connectivity index (χ0n) is 9.40. The molecule has 0 atom stereocenters. The minimum Gasteiger partial charge on any atom is -0.288 e. The largest absolute Gasteiger partial charge is 0.288 e. The monoisotopic (exact) mass is 203 g/mol. The van der Waals surface area contributed by atoms with Crippen LogP contribution in [-0.4, -0.2) is 14.4 Å². The van der Waals surface area contributed by atoms with Gasteiger partial charge in [0, 0.05) is 23.8 Å². The van der Waals surface area contributed by atoms with Gasteiger partial charge in [-0.1, -0.05) is 26.7 Å². The highest BCUT2D eigenvalue weighted by Gasteiger charge is 2.04. The summed E-state index contributed by atoms with van der Waals surface area (Å²) in [6.07, 6.45) is 8.23. The van der Waals surface area contributed by atoms with E-state index in [2.05, 4.69) is 34.3 Å². The molecule has 2 aromatic heterocycles. The lowest BCUT2D eigenvalue weighted by atomic mass is 10.2. The highest BCUT2D eigenvalue weighted by molar-refractivity contribution is 5.33. The molecule has 3 heteroatoms. The molecular weight excluding hydrogens is 186 g/mol. The molecule has 0 radical (unpaired) electrons. The van der Waals surface area contributed by atoms with E-state index in [1.807, 2.05) is 12.4 Å². The molecule has 2 rings (SSSR count). The summed E-state index contributed by atoms with van der Waals surface area (Å²) in [5.41, 5.74) is 2.49. The van der Waals surface area contributed by atoms with Gasteiger partial charge in [0.2, 0.25) is 5.78 Å². The Morgan fingerprint density at radius 2 is 2.00 bits per heavy atom. The lowest BCUT2D eigenvalue weighted by Crippen LogP contribution is -2.01. The van der Waals surface area contributed by atoms with E-state index in [1.165, 1.54) is 11.4 Å². The standard InChI is InChI=1S/C12H17N3/c1-3-5-10-9-11(6-4-2)15-8-7-13-12(15)14-10/h7-9H,3-6H2,1-2H3. The van der Waals surface area contributed by atoms with Crippen LogP contribution in [0.4, 0.5) is 0 Å². The first-order valence-electron chi connectivity index (χ1n) is 5.67. The molecule has 3 nitrogen and oxygen atoms in total. The van der Waals surface area contributed by atoms with E-state index < -0.39 is 0 Å². The Balaban J connectivity index is 2.48. The van der Waals surface area contributed by atoms with Crippen LogP contribution < -0.4 is 0 Å². The molecule has 0 unspecified atom stereocenters. The number of nitrogens with zero attached hydrogens (tertiary/aromatic N) is 3. The molecule has 0 amide bonds. The molecule has 0 saturated heterocycles. The Morgan fingerprint density at radius 1 is 1.20 bits per heavy atom. The summed E-state index contributed by atoms with van der Waals surface area (Å²) >= 11 is 0. The van der Waals surface area contributed by atoms with Gasteiger partial charge >= 0.3 is 0 Å². The zero-order valence-corrected chi connectivity index (χ0v) is 9.40. The zero-order chi connectivity index (χ0) is 10.7. The molecule has 0 N–H and O–H groups in total. The van der Waals surface area contributed by atoms with Crippen LogP contribution >= 0.6 is 0 Å². The Labute approximate surface area is 90.2 Å². The summed E-state index contributed by atoms with van der Waals surface area (Å²) < 4.78 is 2.09. The van der Waals surface area contributed by atoms with E-state index in [4.69, 9.17) is 0 Å². The first-order valence-corrected chi connectivity index (χ1v) is 5.67. The van der Waals surface area contributed by atoms with Crippen LogP contribution in [0.25, 0.3) is 5.78 Å². The van der Waals surface area contributed by atoms with Crippen LogP contribution in [0.5, 0.6) is 0 Å². The maximum Gasteiger partial charge on any atom is 0.234 e. The van der Waals surface area contributed by atoms with Gasteiger partial charge in [-0.3, -0.25) is 4.40 Å². The SMILES string of the molecule is CCCc1cc(CCC)n2ccnc2n1. The highest BCUT2D eigenvalue weighted by Crippen LogP contribution is 2.10. The van der Waals surface area contributed by atoms with Gasteiger partial charge in [0.15, 0.2) is 0 Å². The van der Waals surface area contributed by atoms with Crippen LogP contribution in [0.15, 0.2) is 18.5 Å². The van der Waals surface area contributed by atoms with Gasteiger partial charge in [0.25, 0.3) is 0 Å². The molecule has 0 aliphatic rings. The van der Waals surface area contributed by atoms with Crippen molar-refractivity contribution < 1.29 is 0 Å². The van der Waals surface area contributed by atoms with Crippen molar-refractivity contribution in [2.24, 2.45) is 0 Å². The van der Waals surface area contributed by atoms with Crippen LogP contribution in [0, 0.1) is 0 Å². The van der Waals surface area contributed by atoms with Crippen LogP contribution in [0.1, 0.15) is 38.1 Å². The molecule has 0 saturated carbocycles. The topological polar surface area (TPSA) is 30.2 Å². The molecule has 15 heavy (non-hydrogen) atoms. The summed E-state index contributed by atoms with van der Waals surface area (Å²) in [6, 6.07) is 2.21. The lowest BCUT2D eigenvalue weighted by molar-refractivity contribution is 0.819. The van der Waals surface area contributed by atoms with E-state index in [0.717, 1.165) is 31.5 Å². The van der Waals surface area contributed by atoms with Crippen molar-refractivity contribution in [3.63, 3.8) is 0 Å². The summed E-state index contributed by atoms with van der Waals surface area (Å²) in [7, 11) is 0. The molecule has 2 aromatic rings. The molecule has 0 fully saturated rings. The summed E-state index contributed by atoms with van der Waals surface area (Å²) in [4.78, 5) is 8.78. The average molecular weight is 203 g/mol. The van der Waals surface area contributed by atoms with Crippen molar-refractivity contribution in [2.45, 2.75) is 39.5 Å². The molecular formula is C12H17N3. The quantitative estimate of drug-likeness (QED) is 0.764. The second-order valence-corrected chi connectivity index (χ2v) is 3.84. The Bertz CT molecular complexity index is 445. The second kappa shape index (κ2) is 4.43. The summed E-state index contributed by atoms with van der Waals surface area (Å²) in [6.45, 7) is 4.37. The van der Waals surface area contributed by atoms with Crippen LogP contribution in [0.2, 0.25) is 0 Å². The van der Waals surface area contributed by atoms with E-state index in [-0.39, 0.29) is 0 Å². The second-order valence-electron chi connectivity index (χ2n) is 3.84. The first-order chi connectivity index (χ1) is 7.35. The fourth-order valence-corrected chi connectivity index (χ4v) is 1.86. The predicted octanol–water partition coefficient (Wildman–Crippen LogP) is 2.63. The van der Waals surface area contributed by atoms with Crippen molar-refractivity contribution >= 4 is 5.78 Å². The predicted molar refractivity (Wildman–Crippen MR) is 61.0 cm³/mol. The van der Waals surface area contributed by atoms with Crippen molar-refractivity contribution in [1.82, 2.24) is 14.4 Å². The van der Waals surface area contributed by atoms with E-state index in [9.17, 15) is 0 Å². The third kappa shape index (κ3) is 2.01. The van der Waals surface area contributed by atoms with Crippen molar-refractivity contribution in [3.8, 4) is 0 Å². The van der Waals surface area contributed by atoms with E-state index in [1.54, 1.807) is 0 Å². The first kappa shape index (κ1) is 10.1. The molecule has 0 spiro atoms. The van der Waals surface area contributed by atoms with Gasteiger partial charge < -0.3 is 0 Å². The van der Waals surface area contributed by atoms with Gasteiger partial charge in [0.1, 0.15) is 0 Å². The summed E-state index contributed by atoms with van der Waals surface area (Å²) in [5, 5.41) is 0. The molecule has 0 aliphatic heterocycles. The molecule has 0 aromatic carbocycles. The van der Waals surface area contributed by atoms with Crippen LogP contribution in [-0.2, 0) is 12.8 Å². The maximum atomic E-state index is 4.52. The fraction of sp³-hybridized carbons (Fsp3) is 0.500. The van der Waals surface area contributed by atoms with Crippen molar-refractivity contribution in [1.29, 1.82) is 0 Å². The van der Waals surface area contributed by atoms with Gasteiger partial charge in [-0.2, -0.15) is 0 Å². The Kier molecular flexibility index (Phi) is 2.99. The number of fused-ring (bicyclic) bond motifs is 1. The number of aryl methyl sites for hydroxylation is 2. The Hall–Kier alpha value is -1.38. The number of hydrogen-bond donors (Lipinski definition) is 0. The van der Waals surface area contributed by atoms with Gasteiger partial charge in [-0.25, -0.2) is 9.97 Å². The average Bonchev–Trinajstić information content (AvgIpc) is 2.67. The normalized spacial score (nSPS) is 11.1.